The fourth-order valence-corrected chi connectivity index (χ4v) is 2.59. The number of halogens is 2. The predicted molar refractivity (Wildman–Crippen MR) is 94.9 cm³/mol. The van der Waals surface area contributed by atoms with Gasteiger partial charge in [0, 0.05) is 28.8 Å². The number of H-pyrrole nitrogens is 1. The summed E-state index contributed by atoms with van der Waals surface area (Å²) in [6.45, 7) is 1.77. The lowest BCUT2D eigenvalue weighted by atomic mass is 10.1. The highest BCUT2D eigenvalue weighted by Gasteiger charge is 2.15. The van der Waals surface area contributed by atoms with Crippen LogP contribution in [0.5, 0.6) is 0 Å². The van der Waals surface area contributed by atoms with E-state index in [2.05, 4.69) is 20.5 Å². The van der Waals surface area contributed by atoms with Crippen molar-refractivity contribution < 1.29 is 9.18 Å². The third-order valence-electron chi connectivity index (χ3n) is 3.86. The Morgan fingerprint density at radius 1 is 1.28 bits per heavy atom. The Morgan fingerprint density at radius 2 is 2.04 bits per heavy atom. The second kappa shape index (κ2) is 7.44. The maximum atomic E-state index is 13.9. The monoisotopic (exact) mass is 358 g/mol. The Hall–Kier alpha value is -2.73. The van der Waals surface area contributed by atoms with Crippen LogP contribution in [0.15, 0.2) is 42.7 Å². The number of aromatic amines is 1. The van der Waals surface area contributed by atoms with Crippen molar-refractivity contribution in [2.45, 2.75) is 19.8 Å². The minimum absolute atomic E-state index is 0.161. The van der Waals surface area contributed by atoms with Crippen LogP contribution in [0, 0.1) is 12.7 Å². The lowest BCUT2D eigenvalue weighted by molar-refractivity contribution is -0.116. The minimum atomic E-state index is -0.449. The van der Waals surface area contributed by atoms with Gasteiger partial charge in [-0.1, -0.05) is 23.7 Å². The van der Waals surface area contributed by atoms with Gasteiger partial charge < -0.3 is 5.32 Å². The molecule has 2 N–H and O–H groups in total. The van der Waals surface area contributed by atoms with Gasteiger partial charge >= 0.3 is 0 Å². The molecule has 0 spiro atoms. The lowest BCUT2D eigenvalue weighted by Gasteiger charge is -2.05. The number of hydrogen-bond acceptors (Lipinski definition) is 3. The molecular weight excluding hydrogens is 343 g/mol. The number of carbonyl (C=O) groups is 1. The summed E-state index contributed by atoms with van der Waals surface area (Å²) in [6, 6.07) is 8.92. The number of anilines is 1. The molecule has 0 saturated carbocycles. The van der Waals surface area contributed by atoms with Crippen molar-refractivity contribution in [3.63, 3.8) is 0 Å². The second-order valence-electron chi connectivity index (χ2n) is 5.60. The van der Waals surface area contributed by atoms with E-state index in [1.165, 1.54) is 6.20 Å². The van der Waals surface area contributed by atoms with E-state index in [1.807, 2.05) is 12.1 Å². The first-order valence-electron chi connectivity index (χ1n) is 7.73. The summed E-state index contributed by atoms with van der Waals surface area (Å²) >= 11 is 5.84. The molecule has 2 aromatic heterocycles. The largest absolute Gasteiger partial charge is 0.309 e. The van der Waals surface area contributed by atoms with Crippen molar-refractivity contribution in [2.75, 3.05) is 5.32 Å². The molecule has 3 rings (SSSR count). The van der Waals surface area contributed by atoms with Crippen LogP contribution in [-0.2, 0) is 11.2 Å². The average Bonchev–Trinajstić information content (AvgIpc) is 2.95. The number of nitrogens with one attached hydrogen (secondary N) is 2. The molecule has 0 aliphatic rings. The second-order valence-corrected chi connectivity index (χ2v) is 6.04. The third-order valence-corrected chi connectivity index (χ3v) is 4.12. The molecule has 0 aliphatic heterocycles. The number of amides is 1. The molecule has 0 saturated heterocycles. The molecule has 128 valence electrons. The van der Waals surface area contributed by atoms with Gasteiger partial charge in [-0.25, -0.2) is 4.39 Å². The number of pyridine rings is 1. The van der Waals surface area contributed by atoms with Crippen LogP contribution in [0.2, 0.25) is 5.02 Å². The molecule has 0 atom stereocenters. The normalized spacial score (nSPS) is 10.7. The van der Waals surface area contributed by atoms with Crippen LogP contribution in [0.4, 0.5) is 10.2 Å². The van der Waals surface area contributed by atoms with E-state index in [-0.39, 0.29) is 5.91 Å². The first-order valence-corrected chi connectivity index (χ1v) is 8.11. The highest BCUT2D eigenvalue weighted by atomic mass is 35.5. The zero-order valence-corrected chi connectivity index (χ0v) is 14.3. The Balaban J connectivity index is 1.66. The zero-order valence-electron chi connectivity index (χ0n) is 13.5. The summed E-state index contributed by atoms with van der Waals surface area (Å²) in [5, 5.41) is 10.3. The topological polar surface area (TPSA) is 70.7 Å². The van der Waals surface area contributed by atoms with Crippen LogP contribution in [0.25, 0.3) is 11.3 Å². The molecule has 3 aromatic rings. The number of benzene rings is 1. The SMILES string of the molecule is Cc1c(NC(=O)CCc2ccc(Cl)cc2)n[nH]c1-c1ccncc1F. The maximum Gasteiger partial charge on any atom is 0.225 e. The standard InChI is InChI=1S/C18H16ClFN4O/c1-11-17(14-8-9-21-10-15(14)20)23-24-18(11)22-16(25)7-4-12-2-5-13(19)6-3-12/h2-3,5-6,8-10H,4,7H2,1H3,(H2,22,23,24,25). The van der Waals surface area contributed by atoms with E-state index >= 15 is 0 Å². The maximum absolute atomic E-state index is 13.9. The van der Waals surface area contributed by atoms with Crippen molar-refractivity contribution in [1.29, 1.82) is 0 Å². The molecule has 0 bridgehead atoms. The number of nitrogens with zero attached hydrogens (tertiary/aromatic N) is 2. The minimum Gasteiger partial charge on any atom is -0.309 e. The van der Waals surface area contributed by atoms with Crippen molar-refractivity contribution in [2.24, 2.45) is 0 Å². The molecule has 0 aliphatic carbocycles. The smallest absolute Gasteiger partial charge is 0.225 e. The summed E-state index contributed by atoms with van der Waals surface area (Å²) in [5.41, 5.74) is 2.58. The van der Waals surface area contributed by atoms with E-state index in [0.29, 0.717) is 40.5 Å². The summed E-state index contributed by atoms with van der Waals surface area (Å²) in [4.78, 5) is 15.9. The highest BCUT2D eigenvalue weighted by molar-refractivity contribution is 6.30. The number of aryl methyl sites for hydroxylation is 1. The summed E-state index contributed by atoms with van der Waals surface area (Å²) in [5.74, 6) is -0.214. The van der Waals surface area contributed by atoms with Gasteiger partial charge in [-0.3, -0.25) is 14.9 Å². The van der Waals surface area contributed by atoms with Crippen molar-refractivity contribution >= 4 is 23.3 Å². The van der Waals surface area contributed by atoms with Gasteiger partial charge in [-0.15, -0.1) is 0 Å². The predicted octanol–water partition coefficient (Wildman–Crippen LogP) is 4.14. The Bertz CT molecular complexity index is 892. The molecule has 0 fully saturated rings. The molecule has 25 heavy (non-hydrogen) atoms. The molecule has 7 heteroatoms. The van der Waals surface area contributed by atoms with E-state index < -0.39 is 5.82 Å². The number of carbonyl (C=O) groups excluding carboxylic acids is 1. The highest BCUT2D eigenvalue weighted by Crippen LogP contribution is 2.27. The molecule has 0 radical (unpaired) electrons. The average molecular weight is 359 g/mol. The molecule has 1 amide bonds. The Morgan fingerprint density at radius 3 is 2.76 bits per heavy atom. The van der Waals surface area contributed by atoms with Gasteiger partial charge in [0.2, 0.25) is 5.91 Å². The third kappa shape index (κ3) is 4.03. The fourth-order valence-electron chi connectivity index (χ4n) is 2.46. The first-order chi connectivity index (χ1) is 12.0. The molecular formula is C18H16ClFN4O. The zero-order chi connectivity index (χ0) is 17.8. The number of hydrogen-bond donors (Lipinski definition) is 2. The van der Waals surface area contributed by atoms with Gasteiger partial charge in [0.25, 0.3) is 0 Å². The summed E-state index contributed by atoms with van der Waals surface area (Å²) < 4.78 is 13.9. The van der Waals surface area contributed by atoms with Gasteiger partial charge in [-0.05, 0) is 37.1 Å². The van der Waals surface area contributed by atoms with E-state index in [9.17, 15) is 9.18 Å². The van der Waals surface area contributed by atoms with Crippen molar-refractivity contribution in [3.8, 4) is 11.3 Å². The van der Waals surface area contributed by atoms with E-state index in [1.54, 1.807) is 25.1 Å². The van der Waals surface area contributed by atoms with Crippen LogP contribution >= 0.6 is 11.6 Å². The Kier molecular flexibility index (Phi) is 5.09. The first kappa shape index (κ1) is 17.1. The van der Waals surface area contributed by atoms with Crippen LogP contribution in [-0.4, -0.2) is 21.1 Å². The molecule has 1 aromatic carbocycles. The number of rotatable bonds is 5. The van der Waals surface area contributed by atoms with Gasteiger partial charge in [0.1, 0.15) is 0 Å². The number of aromatic nitrogens is 3. The van der Waals surface area contributed by atoms with E-state index in [4.69, 9.17) is 11.6 Å². The quantitative estimate of drug-likeness (QED) is 0.720. The van der Waals surface area contributed by atoms with Gasteiger partial charge in [-0.2, -0.15) is 5.10 Å². The Labute approximate surface area is 149 Å². The van der Waals surface area contributed by atoms with Gasteiger partial charge in [0.15, 0.2) is 11.6 Å². The van der Waals surface area contributed by atoms with E-state index in [0.717, 1.165) is 11.8 Å². The molecule has 5 nitrogen and oxygen atoms in total. The van der Waals surface area contributed by atoms with Crippen LogP contribution in [0.1, 0.15) is 17.5 Å². The molecule has 0 unspecified atom stereocenters. The lowest BCUT2D eigenvalue weighted by Crippen LogP contribution is -2.13. The van der Waals surface area contributed by atoms with Crippen LogP contribution in [0.3, 0.4) is 0 Å². The summed E-state index contributed by atoms with van der Waals surface area (Å²) in [6.07, 6.45) is 3.55. The molecule has 2 heterocycles. The fraction of sp³-hybridized carbons (Fsp3) is 0.167. The van der Waals surface area contributed by atoms with Crippen molar-refractivity contribution in [3.05, 3.63) is 64.7 Å². The summed E-state index contributed by atoms with van der Waals surface area (Å²) in [7, 11) is 0. The van der Waals surface area contributed by atoms with Crippen molar-refractivity contribution in [1.82, 2.24) is 15.2 Å². The van der Waals surface area contributed by atoms with Crippen LogP contribution < -0.4 is 5.32 Å². The van der Waals surface area contributed by atoms with Gasteiger partial charge in [0.05, 0.1) is 11.9 Å².